The molecule has 1 saturated heterocycles. The molecular weight excluding hydrogens is 451 g/mol. The Morgan fingerprint density at radius 2 is 1.91 bits per heavy atom. The molecule has 12 heteroatoms. The van der Waals surface area contributed by atoms with Crippen molar-refractivity contribution >= 4 is 5.91 Å². The smallest absolute Gasteiger partial charge is 0.255 e. The van der Waals surface area contributed by atoms with Crippen molar-refractivity contribution in [3.8, 4) is 22.8 Å². The highest BCUT2D eigenvalue weighted by Crippen LogP contribution is 2.33. The number of hydrogen-bond acceptors (Lipinski definition) is 9. The molecular formula is C22H23FN4O7. The molecule has 0 aliphatic carbocycles. The second kappa shape index (κ2) is 9.35. The summed E-state index contributed by atoms with van der Waals surface area (Å²) in [6.07, 6.45) is -4.03. The summed E-state index contributed by atoms with van der Waals surface area (Å²) in [4.78, 5) is 14.0. The summed E-state index contributed by atoms with van der Waals surface area (Å²) in [5.74, 6) is -2.04. The van der Waals surface area contributed by atoms with Crippen LogP contribution in [0.5, 0.6) is 11.5 Å². The Morgan fingerprint density at radius 3 is 2.59 bits per heavy atom. The second-order valence-corrected chi connectivity index (χ2v) is 7.93. The van der Waals surface area contributed by atoms with E-state index in [1.54, 1.807) is 6.07 Å². The van der Waals surface area contributed by atoms with Crippen LogP contribution < -0.4 is 0 Å². The molecule has 11 nitrogen and oxygen atoms in total. The van der Waals surface area contributed by atoms with Gasteiger partial charge in [0.1, 0.15) is 35.9 Å². The first kappa shape index (κ1) is 23.6. The minimum Gasteiger partial charge on any atom is -0.504 e. The lowest BCUT2D eigenvalue weighted by molar-refractivity contribution is -0.235. The van der Waals surface area contributed by atoms with Crippen LogP contribution in [0.4, 0.5) is 4.39 Å². The molecule has 0 unspecified atom stereocenters. The number of hydrogen-bond donors (Lipinski definition) is 5. The van der Waals surface area contributed by atoms with Crippen LogP contribution in [0.15, 0.2) is 48.7 Å². The van der Waals surface area contributed by atoms with Gasteiger partial charge in [-0.1, -0.05) is 17.3 Å². The summed E-state index contributed by atoms with van der Waals surface area (Å²) in [6.45, 7) is -0.617. The lowest BCUT2D eigenvalue weighted by Crippen LogP contribution is -2.61. The van der Waals surface area contributed by atoms with Crippen LogP contribution in [0.25, 0.3) is 11.3 Å². The van der Waals surface area contributed by atoms with Gasteiger partial charge in [0, 0.05) is 18.2 Å². The van der Waals surface area contributed by atoms with Gasteiger partial charge < -0.3 is 35.2 Å². The molecule has 1 fully saturated rings. The Bertz CT molecular complexity index is 1190. The standard InChI is InChI=1S/C22H23FN4O7/c1-26(21(33)12-5-6-15(29)16(30)8-12)22-20(32)18(19(31)17(10-28)34-22)27-9-14(24-25-27)11-3-2-4-13(23)7-11/h2-9,17-20,22,28-32H,10H2,1H3/t17-,18+,19+,20-,22-/m1/s1. The Labute approximate surface area is 192 Å². The van der Waals surface area contributed by atoms with Gasteiger partial charge in [0.15, 0.2) is 17.7 Å². The summed E-state index contributed by atoms with van der Waals surface area (Å²) in [6, 6.07) is 7.95. The number of halogens is 1. The zero-order valence-corrected chi connectivity index (χ0v) is 17.9. The number of nitrogens with zero attached hydrogens (tertiary/aromatic N) is 4. The largest absolute Gasteiger partial charge is 0.504 e. The molecule has 3 aromatic rings. The van der Waals surface area contributed by atoms with Crippen LogP contribution in [-0.4, -0.2) is 89.5 Å². The molecule has 1 aliphatic heterocycles. The van der Waals surface area contributed by atoms with Crippen molar-refractivity contribution in [3.05, 3.63) is 60.0 Å². The van der Waals surface area contributed by atoms with E-state index < -0.39 is 60.4 Å². The second-order valence-electron chi connectivity index (χ2n) is 7.93. The highest BCUT2D eigenvalue weighted by atomic mass is 19.1. The monoisotopic (exact) mass is 474 g/mol. The van der Waals surface area contributed by atoms with Gasteiger partial charge in [-0.25, -0.2) is 9.07 Å². The number of aliphatic hydroxyl groups is 3. The molecule has 0 bridgehead atoms. The van der Waals surface area contributed by atoms with Gasteiger partial charge in [0.25, 0.3) is 5.91 Å². The summed E-state index contributed by atoms with van der Waals surface area (Å²) in [7, 11) is 1.34. The Morgan fingerprint density at radius 1 is 1.15 bits per heavy atom. The lowest BCUT2D eigenvalue weighted by atomic mass is 9.94. The fraction of sp³-hybridized carbons (Fsp3) is 0.318. The molecule has 2 heterocycles. The van der Waals surface area contributed by atoms with Crippen LogP contribution in [0, 0.1) is 5.82 Å². The van der Waals surface area contributed by atoms with Crippen LogP contribution in [0.2, 0.25) is 0 Å². The van der Waals surface area contributed by atoms with Crippen LogP contribution >= 0.6 is 0 Å². The zero-order valence-electron chi connectivity index (χ0n) is 17.9. The van der Waals surface area contributed by atoms with Crippen molar-refractivity contribution in [2.24, 2.45) is 0 Å². The third kappa shape index (κ3) is 4.31. The van der Waals surface area contributed by atoms with Crippen molar-refractivity contribution in [2.75, 3.05) is 13.7 Å². The highest BCUT2D eigenvalue weighted by Gasteiger charge is 2.48. The van der Waals surface area contributed by atoms with Crippen molar-refractivity contribution in [1.82, 2.24) is 19.9 Å². The normalized spacial score (nSPS) is 24.7. The molecule has 5 atom stereocenters. The highest BCUT2D eigenvalue weighted by molar-refractivity contribution is 5.94. The zero-order chi connectivity index (χ0) is 24.6. The minimum atomic E-state index is -1.51. The summed E-state index contributed by atoms with van der Waals surface area (Å²) >= 11 is 0. The first-order valence-corrected chi connectivity index (χ1v) is 10.3. The predicted octanol–water partition coefficient (Wildman–Crippen LogP) is 0.248. The van der Waals surface area contributed by atoms with Gasteiger partial charge in [0.2, 0.25) is 0 Å². The number of amides is 1. The number of likely N-dealkylation sites (N-methyl/N-ethyl adjacent to an activating group) is 1. The van der Waals surface area contributed by atoms with E-state index in [4.69, 9.17) is 4.74 Å². The Hall–Kier alpha value is -3.58. The van der Waals surface area contributed by atoms with E-state index >= 15 is 0 Å². The third-order valence-corrected chi connectivity index (χ3v) is 5.73. The van der Waals surface area contributed by atoms with Gasteiger partial charge in [-0.2, -0.15) is 0 Å². The molecule has 180 valence electrons. The number of aromatic nitrogens is 3. The van der Waals surface area contributed by atoms with Crippen LogP contribution in [0.3, 0.4) is 0 Å². The SMILES string of the molecule is CN(C(=O)c1ccc(O)c(O)c1)[C@@H]1O[C@H](CO)[C@H](O)[C@H](n2cc(-c3cccc(F)c3)nn2)[C@H]1O. The number of carbonyl (C=O) groups excluding carboxylic acids is 1. The first-order valence-electron chi connectivity index (χ1n) is 10.3. The van der Waals surface area contributed by atoms with E-state index in [0.29, 0.717) is 5.56 Å². The van der Waals surface area contributed by atoms with Gasteiger partial charge in [-0.3, -0.25) is 4.79 Å². The van der Waals surface area contributed by atoms with Crippen LogP contribution in [-0.2, 0) is 4.74 Å². The van der Waals surface area contributed by atoms with Gasteiger partial charge >= 0.3 is 0 Å². The number of rotatable bonds is 5. The maximum atomic E-state index is 13.6. The topological polar surface area (TPSA) is 161 Å². The molecule has 1 aromatic heterocycles. The van der Waals surface area contributed by atoms with Crippen molar-refractivity contribution in [3.63, 3.8) is 0 Å². The van der Waals surface area contributed by atoms with E-state index in [9.17, 15) is 34.7 Å². The number of aromatic hydroxyl groups is 2. The van der Waals surface area contributed by atoms with E-state index in [-0.39, 0.29) is 11.3 Å². The molecule has 4 rings (SSSR count). The predicted molar refractivity (Wildman–Crippen MR) is 114 cm³/mol. The van der Waals surface area contributed by atoms with Crippen molar-refractivity contribution < 1.29 is 39.5 Å². The molecule has 1 amide bonds. The molecule has 0 saturated carbocycles. The van der Waals surface area contributed by atoms with Crippen LogP contribution in [0.1, 0.15) is 16.4 Å². The number of ether oxygens (including phenoxy) is 1. The molecule has 0 spiro atoms. The molecule has 2 aromatic carbocycles. The molecule has 0 radical (unpaired) electrons. The minimum absolute atomic E-state index is 0.00552. The summed E-state index contributed by atoms with van der Waals surface area (Å²) < 4.78 is 20.4. The van der Waals surface area contributed by atoms with Gasteiger partial charge in [-0.05, 0) is 30.3 Å². The van der Waals surface area contributed by atoms with Crippen molar-refractivity contribution in [2.45, 2.75) is 30.6 Å². The first-order chi connectivity index (χ1) is 16.2. The van der Waals surface area contributed by atoms with Gasteiger partial charge in [-0.15, -0.1) is 5.10 Å². The molecule has 34 heavy (non-hydrogen) atoms. The fourth-order valence-electron chi connectivity index (χ4n) is 3.89. The summed E-state index contributed by atoms with van der Waals surface area (Å²) in [5, 5.41) is 58.6. The van der Waals surface area contributed by atoms with Gasteiger partial charge in [0.05, 0.1) is 12.8 Å². The van der Waals surface area contributed by atoms with E-state index in [0.717, 1.165) is 17.0 Å². The summed E-state index contributed by atoms with van der Waals surface area (Å²) in [5.41, 5.74) is 0.717. The molecule has 5 N–H and O–H groups in total. The number of phenols is 2. The van der Waals surface area contributed by atoms with E-state index in [2.05, 4.69) is 10.3 Å². The maximum Gasteiger partial charge on any atom is 0.255 e. The average molecular weight is 474 g/mol. The fourth-order valence-corrected chi connectivity index (χ4v) is 3.89. The third-order valence-electron chi connectivity index (χ3n) is 5.73. The van der Waals surface area contributed by atoms with Crippen molar-refractivity contribution in [1.29, 1.82) is 0 Å². The average Bonchev–Trinajstić information content (AvgIpc) is 3.30. The lowest BCUT2D eigenvalue weighted by Gasteiger charge is -2.45. The number of aliphatic hydroxyl groups excluding tert-OH is 3. The Balaban J connectivity index is 1.63. The Kier molecular flexibility index (Phi) is 6.48. The number of benzene rings is 2. The van der Waals surface area contributed by atoms with E-state index in [1.165, 1.54) is 42.2 Å². The number of phenolic OH excluding ortho intramolecular Hbond substituents is 2. The van der Waals surface area contributed by atoms with E-state index in [1.807, 2.05) is 0 Å². The maximum absolute atomic E-state index is 13.6. The quantitative estimate of drug-likeness (QED) is 0.326. The molecule has 1 aliphatic rings. The number of carbonyl (C=O) groups is 1.